The van der Waals surface area contributed by atoms with Crippen molar-refractivity contribution in [3.8, 4) is 0 Å². The van der Waals surface area contributed by atoms with E-state index in [9.17, 15) is 9.18 Å². The number of nitrogens with one attached hydrogen (secondary N) is 2. The predicted molar refractivity (Wildman–Crippen MR) is 140 cm³/mol. The first-order valence-corrected chi connectivity index (χ1v) is 12.1. The second-order valence-corrected chi connectivity index (χ2v) is 9.16. The van der Waals surface area contributed by atoms with Crippen LogP contribution in [0.5, 0.6) is 0 Å². The third-order valence-corrected chi connectivity index (χ3v) is 6.09. The maximum absolute atomic E-state index is 13.5. The monoisotopic (exact) mass is 520 g/mol. The van der Waals surface area contributed by atoms with Gasteiger partial charge in [0.2, 0.25) is 5.78 Å². The molecule has 198 valence electrons. The molecule has 4 heterocycles. The van der Waals surface area contributed by atoms with E-state index in [0.717, 1.165) is 25.5 Å². The Kier molecular flexibility index (Phi) is 7.91. The van der Waals surface area contributed by atoms with Crippen LogP contribution in [0, 0.1) is 5.82 Å². The lowest BCUT2D eigenvalue weighted by atomic mass is 10.0. The minimum atomic E-state index is -0.833. The maximum atomic E-state index is 13.5. The predicted octanol–water partition coefficient (Wildman–Crippen LogP) is 3.36. The number of hydrogen-bond acceptors (Lipinski definition) is 9. The number of hydrogen-bond donors (Lipinski definition) is 4. The number of halogens is 1. The smallest absolute Gasteiger partial charge is 0.300 e. The summed E-state index contributed by atoms with van der Waals surface area (Å²) in [6.45, 7) is 5.90. The standard InChI is InChI=1S/C24H25FN8O.C2H4O2/c1-13(2)33-11-16(20-23(26)29-12-30-24(20)33)22(34)18-9-27-10-19(32-18)31-17-7-8-28-21(17)14-3-5-15(25)6-4-14;1-2(3)4/h3-6,9-13,17,21,28H,7-8H2,1-2H3,(H,31,32)(H2,26,29,30);1H3,(H,3,4)/t17-,21-;/m1./s1. The topological polar surface area (TPSA) is 161 Å². The molecule has 1 aliphatic rings. The van der Waals surface area contributed by atoms with Gasteiger partial charge in [-0.2, -0.15) is 0 Å². The second-order valence-electron chi connectivity index (χ2n) is 9.16. The van der Waals surface area contributed by atoms with Crippen LogP contribution in [0.25, 0.3) is 11.0 Å². The fourth-order valence-corrected chi connectivity index (χ4v) is 4.43. The van der Waals surface area contributed by atoms with Crippen molar-refractivity contribution in [2.24, 2.45) is 0 Å². The highest BCUT2D eigenvalue weighted by atomic mass is 19.1. The van der Waals surface area contributed by atoms with E-state index in [0.29, 0.717) is 22.4 Å². The molecule has 0 saturated carbocycles. The highest BCUT2D eigenvalue weighted by Gasteiger charge is 2.29. The van der Waals surface area contributed by atoms with Gasteiger partial charge in [-0.1, -0.05) is 12.1 Å². The fraction of sp³-hybridized carbons (Fsp3) is 0.308. The molecule has 1 aliphatic heterocycles. The Morgan fingerprint density at radius 1 is 1.21 bits per heavy atom. The Bertz CT molecular complexity index is 1450. The van der Waals surface area contributed by atoms with Crippen molar-refractivity contribution in [1.29, 1.82) is 0 Å². The number of aliphatic carboxylic acids is 1. The van der Waals surface area contributed by atoms with Crippen molar-refractivity contribution < 1.29 is 19.1 Å². The van der Waals surface area contributed by atoms with E-state index in [4.69, 9.17) is 15.6 Å². The minimum Gasteiger partial charge on any atom is -0.481 e. The largest absolute Gasteiger partial charge is 0.481 e. The third-order valence-electron chi connectivity index (χ3n) is 6.09. The van der Waals surface area contributed by atoms with Crippen LogP contribution >= 0.6 is 0 Å². The summed E-state index contributed by atoms with van der Waals surface area (Å²) in [7, 11) is 0. The van der Waals surface area contributed by atoms with E-state index < -0.39 is 5.97 Å². The molecule has 0 bridgehead atoms. The lowest BCUT2D eigenvalue weighted by molar-refractivity contribution is -0.134. The van der Waals surface area contributed by atoms with Crippen LogP contribution in [0.1, 0.15) is 60.9 Å². The number of rotatable bonds is 6. The number of aromatic nitrogens is 5. The summed E-state index contributed by atoms with van der Waals surface area (Å²) in [5.74, 6) is -0.674. The number of carbonyl (C=O) groups excluding carboxylic acids is 1. The SMILES string of the molecule is CC(=O)O.CC(C)n1cc(C(=O)c2cncc(N[C@@H]3CCN[C@@H]3c3ccc(F)cc3)n2)c2c(N)ncnc21. The summed E-state index contributed by atoms with van der Waals surface area (Å²) in [6.07, 6.45) is 7.01. The molecule has 5 rings (SSSR count). The molecule has 0 radical (unpaired) electrons. The van der Waals surface area contributed by atoms with Gasteiger partial charge in [-0.3, -0.25) is 14.6 Å². The van der Waals surface area contributed by atoms with Gasteiger partial charge in [0.05, 0.1) is 29.4 Å². The molecule has 11 nitrogen and oxygen atoms in total. The first kappa shape index (κ1) is 26.6. The van der Waals surface area contributed by atoms with Crippen LogP contribution in [0.3, 0.4) is 0 Å². The van der Waals surface area contributed by atoms with Gasteiger partial charge in [0.15, 0.2) is 0 Å². The van der Waals surface area contributed by atoms with Crippen molar-refractivity contribution in [3.63, 3.8) is 0 Å². The molecule has 2 atom stereocenters. The molecular weight excluding hydrogens is 491 g/mol. The zero-order valence-corrected chi connectivity index (χ0v) is 21.2. The molecule has 1 aromatic carbocycles. The molecule has 3 aromatic heterocycles. The summed E-state index contributed by atoms with van der Waals surface area (Å²) in [6, 6.07) is 6.53. The number of nitrogens with two attached hydrogens (primary N) is 1. The molecule has 0 spiro atoms. The Balaban J connectivity index is 0.000000786. The van der Waals surface area contributed by atoms with Crippen LogP contribution in [0.15, 0.2) is 49.2 Å². The van der Waals surface area contributed by atoms with Crippen LogP contribution in [-0.2, 0) is 4.79 Å². The first-order valence-electron chi connectivity index (χ1n) is 12.1. The van der Waals surface area contributed by atoms with Gasteiger partial charge in [-0.25, -0.2) is 19.3 Å². The summed E-state index contributed by atoms with van der Waals surface area (Å²) in [4.78, 5) is 39.6. The van der Waals surface area contributed by atoms with E-state index in [1.807, 2.05) is 18.4 Å². The quantitative estimate of drug-likeness (QED) is 0.277. The lowest BCUT2D eigenvalue weighted by Gasteiger charge is -2.21. The number of carboxylic acids is 1. The summed E-state index contributed by atoms with van der Waals surface area (Å²) in [5, 5.41) is 14.7. The number of ketones is 1. The fourth-order valence-electron chi connectivity index (χ4n) is 4.43. The number of benzene rings is 1. The Labute approximate surface area is 218 Å². The molecule has 38 heavy (non-hydrogen) atoms. The molecule has 5 N–H and O–H groups in total. The van der Waals surface area contributed by atoms with Gasteiger partial charge in [-0.15, -0.1) is 0 Å². The molecule has 12 heteroatoms. The van der Waals surface area contributed by atoms with Crippen molar-refractivity contribution in [2.75, 3.05) is 17.6 Å². The Morgan fingerprint density at radius 2 is 1.92 bits per heavy atom. The van der Waals surface area contributed by atoms with Crippen molar-refractivity contribution in [1.82, 2.24) is 29.8 Å². The zero-order chi connectivity index (χ0) is 27.4. The number of nitrogens with zero attached hydrogens (tertiary/aromatic N) is 5. The molecule has 1 fully saturated rings. The van der Waals surface area contributed by atoms with Crippen LogP contribution in [0.2, 0.25) is 0 Å². The van der Waals surface area contributed by atoms with Crippen molar-refractivity contribution >= 4 is 34.4 Å². The Hall–Kier alpha value is -4.45. The van der Waals surface area contributed by atoms with Crippen LogP contribution < -0.4 is 16.4 Å². The van der Waals surface area contributed by atoms with E-state index in [-0.39, 0.29) is 41.2 Å². The van der Waals surface area contributed by atoms with E-state index in [2.05, 4.69) is 30.6 Å². The van der Waals surface area contributed by atoms with Gasteiger partial charge in [-0.05, 0) is 44.5 Å². The summed E-state index contributed by atoms with van der Waals surface area (Å²) < 4.78 is 15.2. The van der Waals surface area contributed by atoms with E-state index >= 15 is 0 Å². The molecule has 4 aromatic rings. The summed E-state index contributed by atoms with van der Waals surface area (Å²) >= 11 is 0. The average Bonchev–Trinajstić information content (AvgIpc) is 3.50. The second kappa shape index (κ2) is 11.3. The number of nitrogen functional groups attached to an aromatic ring is 1. The highest BCUT2D eigenvalue weighted by molar-refractivity contribution is 6.17. The highest BCUT2D eigenvalue weighted by Crippen LogP contribution is 2.29. The van der Waals surface area contributed by atoms with Gasteiger partial charge in [0.1, 0.15) is 35.1 Å². The molecule has 0 amide bonds. The molecular formula is C26H29FN8O3. The first-order chi connectivity index (χ1) is 18.2. The number of carboxylic acid groups (broad SMARTS) is 1. The molecule has 0 aliphatic carbocycles. The van der Waals surface area contributed by atoms with Gasteiger partial charge in [0.25, 0.3) is 5.97 Å². The minimum absolute atomic E-state index is 0.0111. The number of carbonyl (C=O) groups is 2. The summed E-state index contributed by atoms with van der Waals surface area (Å²) in [5.41, 5.74) is 8.28. The number of anilines is 2. The number of fused-ring (bicyclic) bond motifs is 1. The van der Waals surface area contributed by atoms with Crippen LogP contribution in [-0.4, -0.2) is 53.9 Å². The van der Waals surface area contributed by atoms with Gasteiger partial charge >= 0.3 is 0 Å². The van der Waals surface area contributed by atoms with Crippen molar-refractivity contribution in [2.45, 2.75) is 45.3 Å². The third kappa shape index (κ3) is 5.75. The van der Waals surface area contributed by atoms with E-state index in [1.165, 1.54) is 24.7 Å². The van der Waals surface area contributed by atoms with Gasteiger partial charge in [0, 0.05) is 25.2 Å². The molecule has 1 saturated heterocycles. The zero-order valence-electron chi connectivity index (χ0n) is 21.2. The Morgan fingerprint density at radius 3 is 2.61 bits per heavy atom. The average molecular weight is 521 g/mol. The normalized spacial score (nSPS) is 16.8. The van der Waals surface area contributed by atoms with E-state index in [1.54, 1.807) is 24.5 Å². The maximum Gasteiger partial charge on any atom is 0.300 e. The van der Waals surface area contributed by atoms with Gasteiger partial charge < -0.3 is 26.0 Å². The molecule has 0 unspecified atom stereocenters. The van der Waals surface area contributed by atoms with Crippen LogP contribution in [0.4, 0.5) is 16.0 Å². The van der Waals surface area contributed by atoms with Crippen molar-refractivity contribution in [3.05, 3.63) is 71.8 Å². The lowest BCUT2D eigenvalue weighted by Crippen LogP contribution is -2.28.